The third-order valence-electron chi connectivity index (χ3n) is 9.26. The summed E-state index contributed by atoms with van der Waals surface area (Å²) in [5.74, 6) is -0.720. The number of hydrogen-bond acceptors (Lipinski definition) is 5. The molecular formula is C29H46O5. The maximum atomic E-state index is 12.3. The Labute approximate surface area is 206 Å². The smallest absolute Gasteiger partial charge is 0.332 e. The van der Waals surface area contributed by atoms with Gasteiger partial charge in [-0.05, 0) is 80.3 Å². The minimum atomic E-state index is -1.62. The quantitative estimate of drug-likeness (QED) is 0.333. The van der Waals surface area contributed by atoms with Crippen LogP contribution in [0.4, 0.5) is 0 Å². The fourth-order valence-electron chi connectivity index (χ4n) is 6.51. The van der Waals surface area contributed by atoms with E-state index in [1.807, 2.05) is 26.8 Å². The molecule has 34 heavy (non-hydrogen) atoms. The Balaban J connectivity index is 1.71. The van der Waals surface area contributed by atoms with Gasteiger partial charge in [0, 0.05) is 12.8 Å². The van der Waals surface area contributed by atoms with Crippen molar-refractivity contribution in [3.63, 3.8) is 0 Å². The van der Waals surface area contributed by atoms with Crippen molar-refractivity contribution in [2.45, 2.75) is 116 Å². The second kappa shape index (κ2) is 10.7. The number of aliphatic hydroxyl groups is 2. The van der Waals surface area contributed by atoms with Gasteiger partial charge in [0.25, 0.3) is 0 Å². The molecule has 0 bridgehead atoms. The van der Waals surface area contributed by atoms with E-state index < -0.39 is 23.5 Å². The van der Waals surface area contributed by atoms with E-state index in [0.717, 1.165) is 17.9 Å². The van der Waals surface area contributed by atoms with Crippen molar-refractivity contribution in [1.82, 2.24) is 0 Å². The summed E-state index contributed by atoms with van der Waals surface area (Å²) in [6, 6.07) is 0. The maximum absolute atomic E-state index is 12.3. The molecule has 0 unspecified atom stereocenters. The van der Waals surface area contributed by atoms with Crippen molar-refractivity contribution in [2.24, 2.45) is 17.3 Å². The van der Waals surface area contributed by atoms with Crippen LogP contribution in [-0.2, 0) is 14.3 Å². The van der Waals surface area contributed by atoms with E-state index in [-0.39, 0.29) is 19.4 Å². The largest absolute Gasteiger partial charge is 0.458 e. The molecule has 0 radical (unpaired) electrons. The second-order valence-corrected chi connectivity index (χ2v) is 11.3. The van der Waals surface area contributed by atoms with E-state index in [1.54, 1.807) is 0 Å². The van der Waals surface area contributed by atoms with Gasteiger partial charge >= 0.3 is 5.97 Å². The van der Waals surface area contributed by atoms with Gasteiger partial charge in [0.05, 0.1) is 6.10 Å². The van der Waals surface area contributed by atoms with Crippen molar-refractivity contribution in [2.75, 3.05) is 6.61 Å². The molecule has 3 aliphatic rings. The van der Waals surface area contributed by atoms with E-state index >= 15 is 0 Å². The molecule has 0 aromatic rings. The Morgan fingerprint density at radius 2 is 1.94 bits per heavy atom. The average Bonchev–Trinajstić information content (AvgIpc) is 3.15. The summed E-state index contributed by atoms with van der Waals surface area (Å²) in [5, 5.41) is 21.7. The van der Waals surface area contributed by atoms with Crippen LogP contribution in [0.2, 0.25) is 0 Å². The summed E-state index contributed by atoms with van der Waals surface area (Å²) in [6.45, 7) is 14.3. The Hall–Kier alpha value is -1.43. The Kier molecular flexibility index (Phi) is 8.53. The van der Waals surface area contributed by atoms with E-state index in [2.05, 4.69) is 26.5 Å². The summed E-state index contributed by atoms with van der Waals surface area (Å²) in [5.41, 5.74) is 2.74. The van der Waals surface area contributed by atoms with Crippen molar-refractivity contribution in [3.8, 4) is 0 Å². The van der Waals surface area contributed by atoms with E-state index in [9.17, 15) is 15.0 Å². The number of rotatable bonds is 8. The minimum Gasteiger partial charge on any atom is -0.458 e. The van der Waals surface area contributed by atoms with Gasteiger partial charge in [0.2, 0.25) is 0 Å². The van der Waals surface area contributed by atoms with E-state index in [4.69, 9.17) is 9.47 Å². The molecule has 3 saturated carbocycles. The standard InChI is InChI=1S/C29H46O5/c1-7-23-14-15-24-21(11-10-16-28(23,24)6)12-13-22-17-29(32,18-25(30)20(22)4)33-19-26(31)34-27(5,8-2)9-3/h12-13,23-25,30,32H,4,7-11,14-19H2,1-3,5-6H3/t23-,24-,25-,28+,29-/m0/s1. The first-order valence-corrected chi connectivity index (χ1v) is 13.3. The number of hydrogen-bond donors (Lipinski definition) is 2. The van der Waals surface area contributed by atoms with Crippen LogP contribution in [0.25, 0.3) is 0 Å². The van der Waals surface area contributed by atoms with Crippen LogP contribution in [0.1, 0.15) is 98.8 Å². The molecule has 0 aromatic carbocycles. The average molecular weight is 475 g/mol. The van der Waals surface area contributed by atoms with E-state index in [1.165, 1.54) is 37.7 Å². The molecule has 5 atom stereocenters. The highest BCUT2D eigenvalue weighted by molar-refractivity contribution is 5.71. The lowest BCUT2D eigenvalue weighted by atomic mass is 9.63. The van der Waals surface area contributed by atoms with E-state index in [0.29, 0.717) is 29.7 Å². The third kappa shape index (κ3) is 5.68. The summed E-state index contributed by atoms with van der Waals surface area (Å²) in [4.78, 5) is 12.3. The fourth-order valence-corrected chi connectivity index (χ4v) is 6.51. The maximum Gasteiger partial charge on any atom is 0.332 e. The number of fused-ring (bicyclic) bond motifs is 1. The summed E-state index contributed by atoms with van der Waals surface area (Å²) >= 11 is 0. The predicted octanol–water partition coefficient (Wildman–Crippen LogP) is 6.00. The predicted molar refractivity (Wildman–Crippen MR) is 135 cm³/mol. The Morgan fingerprint density at radius 1 is 1.24 bits per heavy atom. The minimum absolute atomic E-state index is 0.00920. The van der Waals surface area contributed by atoms with Crippen LogP contribution in [0.15, 0.2) is 35.5 Å². The molecule has 3 rings (SSSR count). The highest BCUT2D eigenvalue weighted by atomic mass is 16.6. The number of ether oxygens (including phenoxy) is 2. The monoisotopic (exact) mass is 474 g/mol. The number of esters is 1. The molecule has 192 valence electrons. The molecule has 2 N–H and O–H groups in total. The van der Waals surface area contributed by atoms with Crippen LogP contribution in [0.5, 0.6) is 0 Å². The summed E-state index contributed by atoms with van der Waals surface area (Å²) < 4.78 is 11.2. The van der Waals surface area contributed by atoms with Gasteiger partial charge in [-0.2, -0.15) is 0 Å². The van der Waals surface area contributed by atoms with Crippen molar-refractivity contribution < 1.29 is 24.5 Å². The zero-order valence-electron chi connectivity index (χ0n) is 22.0. The van der Waals surface area contributed by atoms with Crippen LogP contribution >= 0.6 is 0 Å². The zero-order valence-corrected chi connectivity index (χ0v) is 22.0. The van der Waals surface area contributed by atoms with Crippen LogP contribution in [0, 0.1) is 17.3 Å². The van der Waals surface area contributed by atoms with Crippen LogP contribution < -0.4 is 0 Å². The molecule has 0 aliphatic heterocycles. The molecule has 0 heterocycles. The zero-order chi connectivity index (χ0) is 25.1. The topological polar surface area (TPSA) is 76.0 Å². The number of carbonyl (C=O) groups is 1. The summed E-state index contributed by atoms with van der Waals surface area (Å²) in [7, 11) is 0. The Bertz CT molecular complexity index is 822. The second-order valence-electron chi connectivity index (χ2n) is 11.3. The molecule has 0 spiro atoms. The first-order chi connectivity index (χ1) is 16.0. The Morgan fingerprint density at radius 3 is 2.59 bits per heavy atom. The lowest BCUT2D eigenvalue weighted by Crippen LogP contribution is -2.44. The van der Waals surface area contributed by atoms with Gasteiger partial charge in [-0.15, -0.1) is 0 Å². The molecule has 0 saturated heterocycles. The van der Waals surface area contributed by atoms with Gasteiger partial charge in [0.15, 0.2) is 5.79 Å². The van der Waals surface area contributed by atoms with Gasteiger partial charge in [-0.3, -0.25) is 0 Å². The third-order valence-corrected chi connectivity index (χ3v) is 9.26. The van der Waals surface area contributed by atoms with Crippen molar-refractivity contribution in [1.29, 1.82) is 0 Å². The highest BCUT2D eigenvalue weighted by Crippen LogP contribution is 2.58. The lowest BCUT2D eigenvalue weighted by molar-refractivity contribution is -0.229. The highest BCUT2D eigenvalue weighted by Gasteiger charge is 2.48. The number of carbonyl (C=O) groups excluding carboxylic acids is 1. The number of allylic oxidation sites excluding steroid dienone is 3. The first kappa shape index (κ1) is 27.2. The number of aliphatic hydroxyl groups excluding tert-OH is 1. The molecular weight excluding hydrogens is 428 g/mol. The van der Waals surface area contributed by atoms with Crippen LogP contribution in [0.3, 0.4) is 0 Å². The van der Waals surface area contributed by atoms with Crippen molar-refractivity contribution >= 4 is 5.97 Å². The van der Waals surface area contributed by atoms with Gasteiger partial charge in [-0.25, -0.2) is 4.79 Å². The fraction of sp³-hybridized carbons (Fsp3) is 0.759. The van der Waals surface area contributed by atoms with Crippen LogP contribution in [-0.4, -0.2) is 40.3 Å². The molecule has 3 aliphatic carbocycles. The molecule has 0 aromatic heterocycles. The molecule has 5 nitrogen and oxygen atoms in total. The molecule has 5 heteroatoms. The SMILES string of the molecule is C=C1C(=CC=C2CCC[C@]3(C)[C@@H](CC)CC[C@@H]23)C[C@](O)(OCC(=O)OC(C)(CC)CC)C[C@@H]1O. The van der Waals surface area contributed by atoms with Crippen molar-refractivity contribution in [3.05, 3.63) is 35.5 Å². The normalized spacial score (nSPS) is 36.7. The van der Waals surface area contributed by atoms with Gasteiger partial charge in [-0.1, -0.05) is 58.4 Å². The van der Waals surface area contributed by atoms with Gasteiger partial charge in [0.1, 0.15) is 12.2 Å². The molecule has 3 fully saturated rings. The van der Waals surface area contributed by atoms with Gasteiger partial charge < -0.3 is 19.7 Å². The molecule has 0 amide bonds. The first-order valence-electron chi connectivity index (χ1n) is 13.3. The summed E-state index contributed by atoms with van der Waals surface area (Å²) in [6.07, 6.45) is 12.3. The lowest BCUT2D eigenvalue weighted by Gasteiger charge is -2.42.